The summed E-state index contributed by atoms with van der Waals surface area (Å²) in [7, 11) is 0. The Morgan fingerprint density at radius 1 is 1.22 bits per heavy atom. The predicted octanol–water partition coefficient (Wildman–Crippen LogP) is 2.61. The zero-order chi connectivity index (χ0) is 15.2. The largest absolute Gasteiger partial charge is 0.454 e. The molecule has 4 heterocycles. The number of nitrogens with zero attached hydrogens (tertiary/aromatic N) is 4. The van der Waals surface area contributed by atoms with E-state index < -0.39 is 0 Å². The molecule has 0 saturated heterocycles. The molecule has 2 atom stereocenters. The molecule has 0 bridgehead atoms. The minimum Gasteiger partial charge on any atom is -0.454 e. The Bertz CT molecular complexity index is 847. The fourth-order valence-corrected chi connectivity index (χ4v) is 3.93. The average Bonchev–Trinajstić information content (AvgIpc) is 3.32. The summed E-state index contributed by atoms with van der Waals surface area (Å²) in [5.74, 6) is 2.28. The molecule has 1 N–H and O–H groups in total. The summed E-state index contributed by atoms with van der Waals surface area (Å²) in [6.45, 7) is 0.285. The lowest BCUT2D eigenvalue weighted by molar-refractivity contribution is 0.174. The molecule has 2 aromatic heterocycles. The first-order chi connectivity index (χ1) is 11.4. The number of rotatable bonds is 2. The van der Waals surface area contributed by atoms with Crippen LogP contribution in [-0.4, -0.2) is 27.0 Å². The molecule has 0 spiro atoms. The molecule has 2 aliphatic rings. The number of hydrogen-bond acceptors (Lipinski definition) is 7. The van der Waals surface area contributed by atoms with Gasteiger partial charge in [-0.1, -0.05) is 17.2 Å². The standard InChI is InChI=1S/C15H13N5O2S/c1-2-14(23-5-1)11-7-10(16-15-17-18-19-20(11)15)9-3-4-12-13(6-9)22-8-21-12/h1-6,10-11H,7-8H2,(H,16,17,19)/t10-,11-/m1/s1. The summed E-state index contributed by atoms with van der Waals surface area (Å²) in [6.07, 6.45) is 0.873. The molecule has 5 rings (SSSR count). The second kappa shape index (κ2) is 4.95. The third kappa shape index (κ3) is 2.06. The lowest BCUT2D eigenvalue weighted by atomic mass is 9.96. The van der Waals surface area contributed by atoms with E-state index >= 15 is 0 Å². The maximum atomic E-state index is 5.49. The van der Waals surface area contributed by atoms with E-state index in [1.54, 1.807) is 11.3 Å². The highest BCUT2D eigenvalue weighted by molar-refractivity contribution is 7.10. The Balaban J connectivity index is 1.53. The summed E-state index contributed by atoms with van der Waals surface area (Å²) in [4.78, 5) is 1.26. The van der Waals surface area contributed by atoms with Crippen LogP contribution in [0, 0.1) is 0 Å². The Morgan fingerprint density at radius 3 is 3.09 bits per heavy atom. The molecule has 3 aromatic rings. The maximum Gasteiger partial charge on any atom is 0.244 e. The quantitative estimate of drug-likeness (QED) is 0.780. The molecule has 0 unspecified atom stereocenters. The van der Waals surface area contributed by atoms with Gasteiger partial charge in [-0.05, 0) is 46.0 Å². The van der Waals surface area contributed by atoms with Gasteiger partial charge in [-0.3, -0.25) is 0 Å². The second-order valence-electron chi connectivity index (χ2n) is 5.52. The van der Waals surface area contributed by atoms with Crippen LogP contribution in [0.5, 0.6) is 11.5 Å². The van der Waals surface area contributed by atoms with Crippen molar-refractivity contribution >= 4 is 17.3 Å². The summed E-state index contributed by atoms with van der Waals surface area (Å²) >= 11 is 1.72. The molecular formula is C15H13N5O2S. The van der Waals surface area contributed by atoms with E-state index in [2.05, 4.69) is 44.4 Å². The number of ether oxygens (including phenoxy) is 2. The maximum absolute atomic E-state index is 5.49. The van der Waals surface area contributed by atoms with Crippen molar-refractivity contribution in [2.24, 2.45) is 0 Å². The van der Waals surface area contributed by atoms with E-state index in [0.29, 0.717) is 5.95 Å². The minimum absolute atomic E-state index is 0.120. The Kier molecular flexibility index (Phi) is 2.77. The van der Waals surface area contributed by atoms with Crippen molar-refractivity contribution < 1.29 is 9.47 Å². The Labute approximate surface area is 135 Å². The van der Waals surface area contributed by atoms with Gasteiger partial charge in [0.05, 0.1) is 12.1 Å². The van der Waals surface area contributed by atoms with Gasteiger partial charge in [0, 0.05) is 4.88 Å². The zero-order valence-corrected chi connectivity index (χ0v) is 12.9. The monoisotopic (exact) mass is 327 g/mol. The van der Waals surface area contributed by atoms with Crippen LogP contribution in [0.4, 0.5) is 5.95 Å². The normalized spacial score (nSPS) is 21.7. The van der Waals surface area contributed by atoms with Crippen LogP contribution < -0.4 is 14.8 Å². The number of hydrogen-bond donors (Lipinski definition) is 1. The van der Waals surface area contributed by atoms with Crippen molar-refractivity contribution in [1.82, 2.24) is 20.2 Å². The van der Waals surface area contributed by atoms with Gasteiger partial charge in [0.1, 0.15) is 0 Å². The lowest BCUT2D eigenvalue weighted by Gasteiger charge is -2.30. The van der Waals surface area contributed by atoms with Crippen LogP contribution in [0.1, 0.15) is 28.9 Å². The molecule has 1 aromatic carbocycles. The molecule has 2 aliphatic heterocycles. The fraction of sp³-hybridized carbons (Fsp3) is 0.267. The van der Waals surface area contributed by atoms with Crippen LogP contribution >= 0.6 is 11.3 Å². The van der Waals surface area contributed by atoms with Gasteiger partial charge in [0.25, 0.3) is 0 Å². The van der Waals surface area contributed by atoms with Gasteiger partial charge in [-0.2, -0.15) is 0 Å². The number of nitrogens with one attached hydrogen (secondary N) is 1. The minimum atomic E-state index is 0.120. The molecule has 8 heteroatoms. The van der Waals surface area contributed by atoms with E-state index in [1.807, 2.05) is 16.8 Å². The predicted molar refractivity (Wildman–Crippen MR) is 83.8 cm³/mol. The van der Waals surface area contributed by atoms with E-state index in [9.17, 15) is 0 Å². The van der Waals surface area contributed by atoms with Crippen LogP contribution in [0.15, 0.2) is 35.7 Å². The van der Waals surface area contributed by atoms with Crippen LogP contribution in [-0.2, 0) is 0 Å². The van der Waals surface area contributed by atoms with Crippen molar-refractivity contribution in [3.8, 4) is 11.5 Å². The van der Waals surface area contributed by atoms with Crippen molar-refractivity contribution in [3.63, 3.8) is 0 Å². The number of tetrazole rings is 1. The molecule has 0 radical (unpaired) electrons. The summed E-state index contributed by atoms with van der Waals surface area (Å²) in [5.41, 5.74) is 1.14. The first kappa shape index (κ1) is 12.9. The van der Waals surface area contributed by atoms with Crippen molar-refractivity contribution in [2.45, 2.75) is 18.5 Å². The SMILES string of the molecule is c1csc([C@H]2C[C@H](c3ccc4c(c3)OCO4)Nc3nnnn32)c1. The number of anilines is 1. The van der Waals surface area contributed by atoms with Gasteiger partial charge >= 0.3 is 0 Å². The molecule has 0 fully saturated rings. The van der Waals surface area contributed by atoms with Gasteiger partial charge in [-0.15, -0.1) is 11.3 Å². The molecule has 0 amide bonds. The van der Waals surface area contributed by atoms with Crippen molar-refractivity contribution in [2.75, 3.05) is 12.1 Å². The smallest absolute Gasteiger partial charge is 0.244 e. The molecule has 116 valence electrons. The van der Waals surface area contributed by atoms with Crippen LogP contribution in [0.25, 0.3) is 0 Å². The average molecular weight is 327 g/mol. The van der Waals surface area contributed by atoms with Gasteiger partial charge in [0.2, 0.25) is 12.7 Å². The first-order valence-electron chi connectivity index (χ1n) is 7.36. The molecule has 0 saturated carbocycles. The summed E-state index contributed by atoms with van der Waals surface area (Å²) < 4.78 is 12.7. The fourth-order valence-electron chi connectivity index (χ4n) is 3.10. The highest BCUT2D eigenvalue weighted by Crippen LogP contribution is 2.41. The van der Waals surface area contributed by atoms with E-state index in [4.69, 9.17) is 9.47 Å². The number of aromatic nitrogens is 4. The van der Waals surface area contributed by atoms with Gasteiger partial charge in [0.15, 0.2) is 11.5 Å². The van der Waals surface area contributed by atoms with Crippen molar-refractivity contribution in [3.05, 3.63) is 46.2 Å². The number of fused-ring (bicyclic) bond motifs is 2. The van der Waals surface area contributed by atoms with E-state index in [1.165, 1.54) is 4.88 Å². The topological polar surface area (TPSA) is 74.1 Å². The van der Waals surface area contributed by atoms with Crippen LogP contribution in [0.3, 0.4) is 0 Å². The number of thiophene rings is 1. The zero-order valence-electron chi connectivity index (χ0n) is 12.0. The second-order valence-corrected chi connectivity index (χ2v) is 6.50. The third-order valence-electron chi connectivity index (χ3n) is 4.22. The Morgan fingerprint density at radius 2 is 2.17 bits per heavy atom. The summed E-state index contributed by atoms with van der Waals surface area (Å²) in [6, 6.07) is 10.5. The van der Waals surface area contributed by atoms with Crippen LogP contribution in [0.2, 0.25) is 0 Å². The Hall–Kier alpha value is -2.61. The summed E-state index contributed by atoms with van der Waals surface area (Å²) in [5, 5.41) is 17.5. The highest BCUT2D eigenvalue weighted by Gasteiger charge is 2.31. The van der Waals surface area contributed by atoms with Gasteiger partial charge in [-0.25, -0.2) is 4.68 Å². The van der Waals surface area contributed by atoms with Crippen molar-refractivity contribution in [1.29, 1.82) is 0 Å². The van der Waals surface area contributed by atoms with Gasteiger partial charge < -0.3 is 14.8 Å². The molecule has 23 heavy (non-hydrogen) atoms. The molecule has 0 aliphatic carbocycles. The van der Waals surface area contributed by atoms with E-state index in [-0.39, 0.29) is 18.9 Å². The first-order valence-corrected chi connectivity index (χ1v) is 8.24. The highest BCUT2D eigenvalue weighted by atomic mass is 32.1. The lowest BCUT2D eigenvalue weighted by Crippen LogP contribution is -2.27. The number of benzene rings is 1. The third-order valence-corrected chi connectivity index (χ3v) is 5.19. The molecular weight excluding hydrogens is 314 g/mol. The molecule has 7 nitrogen and oxygen atoms in total. The van der Waals surface area contributed by atoms with E-state index in [0.717, 1.165) is 23.5 Å².